The number of halogens is 3. The highest BCUT2D eigenvalue weighted by molar-refractivity contribution is 7.15. The summed E-state index contributed by atoms with van der Waals surface area (Å²) in [5.74, 6) is -0.389. The van der Waals surface area contributed by atoms with Gasteiger partial charge < -0.3 is 11.1 Å². The molecule has 0 spiro atoms. The second-order valence-corrected chi connectivity index (χ2v) is 4.24. The number of hydrogen-bond donors (Lipinski definition) is 2. The van der Waals surface area contributed by atoms with Crippen molar-refractivity contribution in [3.8, 4) is 0 Å². The Morgan fingerprint density at radius 2 is 2.06 bits per heavy atom. The summed E-state index contributed by atoms with van der Waals surface area (Å²) in [7, 11) is 0. The van der Waals surface area contributed by atoms with Crippen molar-refractivity contribution in [1.29, 1.82) is 0 Å². The number of nitrogens with one attached hydrogen (secondary N) is 1. The molecule has 1 aromatic rings. The third-order valence-corrected chi connectivity index (χ3v) is 2.72. The molecule has 9 heteroatoms. The van der Waals surface area contributed by atoms with Gasteiger partial charge in [0.25, 0.3) is 0 Å². The van der Waals surface area contributed by atoms with Gasteiger partial charge in [0.1, 0.15) is 0 Å². The van der Waals surface area contributed by atoms with E-state index in [2.05, 4.69) is 15.5 Å². The standard InChI is InChI=1S/C8H11F3N4OS/c9-8(10,11)6-14-15-7(17-6)13-4-2-1-3-5(12)16/h1-4H2,(H2,12,16)(H,13,15). The molecule has 17 heavy (non-hydrogen) atoms. The van der Waals surface area contributed by atoms with Gasteiger partial charge in [0.05, 0.1) is 0 Å². The molecule has 0 bridgehead atoms. The van der Waals surface area contributed by atoms with Crippen LogP contribution in [0.25, 0.3) is 0 Å². The van der Waals surface area contributed by atoms with Crippen LogP contribution in [0.5, 0.6) is 0 Å². The Morgan fingerprint density at radius 1 is 1.35 bits per heavy atom. The number of aromatic nitrogens is 2. The SMILES string of the molecule is NC(=O)CCCCNc1nnc(C(F)(F)F)s1. The first kappa shape index (κ1) is 13.7. The topological polar surface area (TPSA) is 80.9 Å². The van der Waals surface area contributed by atoms with Gasteiger partial charge in [-0.05, 0) is 12.8 Å². The first-order chi connectivity index (χ1) is 7.89. The normalized spacial score (nSPS) is 11.5. The quantitative estimate of drug-likeness (QED) is 0.768. The van der Waals surface area contributed by atoms with Crippen molar-refractivity contribution in [2.75, 3.05) is 11.9 Å². The summed E-state index contributed by atoms with van der Waals surface area (Å²) in [5.41, 5.74) is 4.93. The van der Waals surface area contributed by atoms with E-state index in [0.717, 1.165) is 0 Å². The van der Waals surface area contributed by atoms with Crippen LogP contribution in [0.15, 0.2) is 0 Å². The number of nitrogens with two attached hydrogens (primary N) is 1. The van der Waals surface area contributed by atoms with Crippen LogP contribution in [0.4, 0.5) is 18.3 Å². The second-order valence-electron chi connectivity index (χ2n) is 3.26. The summed E-state index contributed by atoms with van der Waals surface area (Å²) < 4.78 is 36.5. The summed E-state index contributed by atoms with van der Waals surface area (Å²) in [4.78, 5) is 10.4. The molecular formula is C8H11F3N4OS. The molecular weight excluding hydrogens is 257 g/mol. The summed E-state index contributed by atoms with van der Waals surface area (Å²) in [5, 5.41) is 8.23. The van der Waals surface area contributed by atoms with Gasteiger partial charge in [-0.25, -0.2) is 0 Å². The third kappa shape index (κ3) is 4.98. The van der Waals surface area contributed by atoms with Crippen LogP contribution in [0, 0.1) is 0 Å². The lowest BCUT2D eigenvalue weighted by Crippen LogP contribution is -2.10. The number of nitrogens with zero attached hydrogens (tertiary/aromatic N) is 2. The Labute approximate surface area is 99.2 Å². The maximum absolute atomic E-state index is 12.2. The van der Waals surface area contributed by atoms with Crippen LogP contribution >= 0.6 is 11.3 Å². The van der Waals surface area contributed by atoms with Gasteiger partial charge in [-0.2, -0.15) is 13.2 Å². The van der Waals surface area contributed by atoms with Crippen LogP contribution in [-0.2, 0) is 11.0 Å². The highest BCUT2D eigenvalue weighted by Gasteiger charge is 2.35. The van der Waals surface area contributed by atoms with Crippen molar-refractivity contribution in [2.45, 2.75) is 25.4 Å². The molecule has 0 aromatic carbocycles. The van der Waals surface area contributed by atoms with Gasteiger partial charge >= 0.3 is 6.18 Å². The van der Waals surface area contributed by atoms with Gasteiger partial charge in [0.2, 0.25) is 16.0 Å². The zero-order valence-corrected chi connectivity index (χ0v) is 9.57. The molecule has 0 unspecified atom stereocenters. The average molecular weight is 268 g/mol. The van der Waals surface area contributed by atoms with Crippen molar-refractivity contribution in [1.82, 2.24) is 10.2 Å². The molecule has 1 rings (SSSR count). The minimum atomic E-state index is -4.45. The van der Waals surface area contributed by atoms with Gasteiger partial charge in [0.15, 0.2) is 0 Å². The zero-order valence-electron chi connectivity index (χ0n) is 8.75. The molecule has 0 aliphatic carbocycles. The minimum absolute atomic E-state index is 0.122. The molecule has 1 amide bonds. The summed E-state index contributed by atoms with van der Waals surface area (Å²) in [6.07, 6.45) is -2.97. The molecule has 0 aliphatic rings. The van der Waals surface area contributed by atoms with Crippen LogP contribution in [0.3, 0.4) is 0 Å². The van der Waals surface area contributed by atoms with E-state index in [1.54, 1.807) is 0 Å². The summed E-state index contributed by atoms with van der Waals surface area (Å²) in [6.45, 7) is 0.430. The number of carbonyl (C=O) groups excluding carboxylic acids is 1. The molecule has 3 N–H and O–H groups in total. The van der Waals surface area contributed by atoms with Crippen molar-refractivity contribution in [3.05, 3.63) is 5.01 Å². The Hall–Kier alpha value is -1.38. The molecule has 0 fully saturated rings. The summed E-state index contributed by atoms with van der Waals surface area (Å²) in [6, 6.07) is 0. The lowest BCUT2D eigenvalue weighted by molar-refractivity contribution is -0.138. The Bertz CT molecular complexity index is 379. The molecule has 5 nitrogen and oxygen atoms in total. The van der Waals surface area contributed by atoms with Gasteiger partial charge in [0, 0.05) is 13.0 Å². The van der Waals surface area contributed by atoms with Crippen molar-refractivity contribution < 1.29 is 18.0 Å². The minimum Gasteiger partial charge on any atom is -0.370 e. The van der Waals surface area contributed by atoms with Gasteiger partial charge in [-0.1, -0.05) is 11.3 Å². The number of rotatable bonds is 6. The fourth-order valence-corrected chi connectivity index (χ4v) is 1.67. The van der Waals surface area contributed by atoms with Crippen molar-refractivity contribution in [3.63, 3.8) is 0 Å². The van der Waals surface area contributed by atoms with Gasteiger partial charge in [-0.3, -0.25) is 4.79 Å². The first-order valence-corrected chi connectivity index (χ1v) is 5.64. The molecule has 0 radical (unpaired) electrons. The molecule has 0 saturated carbocycles. The van der Waals surface area contributed by atoms with Crippen LogP contribution in [-0.4, -0.2) is 22.6 Å². The van der Waals surface area contributed by atoms with E-state index >= 15 is 0 Å². The molecule has 1 heterocycles. The van der Waals surface area contributed by atoms with Crippen molar-refractivity contribution >= 4 is 22.4 Å². The zero-order chi connectivity index (χ0) is 12.9. The molecule has 96 valence electrons. The van der Waals surface area contributed by atoms with E-state index in [9.17, 15) is 18.0 Å². The van der Waals surface area contributed by atoms with Gasteiger partial charge in [-0.15, -0.1) is 10.2 Å². The van der Waals surface area contributed by atoms with Crippen molar-refractivity contribution in [2.24, 2.45) is 5.73 Å². The maximum atomic E-state index is 12.2. The smallest absolute Gasteiger partial charge is 0.370 e. The number of amides is 1. The predicted octanol–water partition coefficient (Wildman–Crippen LogP) is 1.62. The monoisotopic (exact) mass is 268 g/mol. The number of primary amides is 1. The second kappa shape index (κ2) is 5.80. The number of anilines is 1. The Morgan fingerprint density at radius 3 is 2.59 bits per heavy atom. The van der Waals surface area contributed by atoms with E-state index < -0.39 is 11.2 Å². The molecule has 0 saturated heterocycles. The third-order valence-electron chi connectivity index (χ3n) is 1.79. The van der Waals surface area contributed by atoms with E-state index in [4.69, 9.17) is 5.73 Å². The van der Waals surface area contributed by atoms with E-state index in [1.165, 1.54) is 0 Å². The lowest BCUT2D eigenvalue weighted by Gasteiger charge is -2.00. The van der Waals surface area contributed by atoms with Crippen LogP contribution < -0.4 is 11.1 Å². The van der Waals surface area contributed by atoms with Crippen LogP contribution in [0.1, 0.15) is 24.3 Å². The number of alkyl halides is 3. The Kier molecular flexibility index (Phi) is 4.67. The number of hydrogen-bond acceptors (Lipinski definition) is 5. The molecule has 0 atom stereocenters. The Balaban J connectivity index is 2.28. The highest BCUT2D eigenvalue weighted by atomic mass is 32.1. The average Bonchev–Trinajstić information content (AvgIpc) is 2.64. The predicted molar refractivity (Wildman–Crippen MR) is 56.4 cm³/mol. The lowest BCUT2D eigenvalue weighted by atomic mass is 10.2. The number of carbonyl (C=O) groups is 1. The fourth-order valence-electron chi connectivity index (χ4n) is 1.03. The summed E-state index contributed by atoms with van der Waals surface area (Å²) >= 11 is 0.454. The van der Waals surface area contributed by atoms with E-state index in [-0.39, 0.29) is 17.5 Å². The maximum Gasteiger partial charge on any atom is 0.445 e. The fraction of sp³-hybridized carbons (Fsp3) is 0.625. The highest BCUT2D eigenvalue weighted by Crippen LogP contribution is 2.32. The largest absolute Gasteiger partial charge is 0.445 e. The first-order valence-electron chi connectivity index (χ1n) is 4.82. The van der Waals surface area contributed by atoms with E-state index in [0.29, 0.717) is 30.7 Å². The van der Waals surface area contributed by atoms with Crippen LogP contribution in [0.2, 0.25) is 0 Å². The van der Waals surface area contributed by atoms with E-state index in [1.807, 2.05) is 0 Å². The number of unbranched alkanes of at least 4 members (excludes halogenated alkanes) is 1. The molecule has 0 aliphatic heterocycles. The molecule has 1 aromatic heterocycles.